The molecule has 0 heterocycles. The van der Waals surface area contributed by atoms with E-state index in [9.17, 15) is 4.39 Å². The lowest BCUT2D eigenvalue weighted by atomic mass is 10.1. The van der Waals surface area contributed by atoms with E-state index in [4.69, 9.17) is 10.5 Å². The normalized spacial score (nSPS) is 10.3. The van der Waals surface area contributed by atoms with Gasteiger partial charge in [-0.1, -0.05) is 18.2 Å². The molecule has 2 aromatic carbocycles. The number of rotatable bonds is 2. The number of hydrogen-bond acceptors (Lipinski definition) is 2. The van der Waals surface area contributed by atoms with Gasteiger partial charge in [0.05, 0.1) is 5.69 Å². The fraction of sp³-hybridized carbons (Fsp3) is 0.143. The average molecular weight is 231 g/mol. The molecule has 0 aromatic heterocycles. The summed E-state index contributed by atoms with van der Waals surface area (Å²) in [7, 11) is 0. The van der Waals surface area contributed by atoms with Gasteiger partial charge >= 0.3 is 0 Å². The minimum Gasteiger partial charge on any atom is -0.452 e. The largest absolute Gasteiger partial charge is 0.452 e. The number of anilines is 1. The Morgan fingerprint density at radius 3 is 2.47 bits per heavy atom. The van der Waals surface area contributed by atoms with Crippen molar-refractivity contribution in [3.63, 3.8) is 0 Å². The quantitative estimate of drug-likeness (QED) is 0.797. The highest BCUT2D eigenvalue weighted by atomic mass is 19.1. The second-order valence-corrected chi connectivity index (χ2v) is 4.03. The molecule has 0 amide bonds. The highest BCUT2D eigenvalue weighted by Crippen LogP contribution is 2.33. The van der Waals surface area contributed by atoms with Crippen LogP contribution in [0.3, 0.4) is 0 Å². The van der Waals surface area contributed by atoms with Gasteiger partial charge in [-0.2, -0.15) is 0 Å². The van der Waals surface area contributed by atoms with Crippen LogP contribution in [0, 0.1) is 19.7 Å². The first kappa shape index (κ1) is 11.5. The number of aryl methyl sites for hydroxylation is 2. The maximum absolute atomic E-state index is 13.5. The molecular weight excluding hydrogens is 217 g/mol. The first-order valence-electron chi connectivity index (χ1n) is 5.37. The second-order valence-electron chi connectivity index (χ2n) is 4.03. The molecule has 3 heteroatoms. The highest BCUT2D eigenvalue weighted by Gasteiger charge is 2.09. The molecule has 0 atom stereocenters. The molecule has 2 nitrogen and oxygen atoms in total. The van der Waals surface area contributed by atoms with Crippen LogP contribution in [-0.2, 0) is 0 Å². The number of ether oxygens (including phenoxy) is 1. The van der Waals surface area contributed by atoms with E-state index in [2.05, 4.69) is 0 Å². The molecule has 0 aliphatic rings. The van der Waals surface area contributed by atoms with Gasteiger partial charge in [0.15, 0.2) is 17.3 Å². The number of halogens is 1. The Balaban J connectivity index is 2.40. The Labute approximate surface area is 99.8 Å². The summed E-state index contributed by atoms with van der Waals surface area (Å²) in [5.74, 6) is 0.304. The van der Waals surface area contributed by atoms with E-state index >= 15 is 0 Å². The minimum absolute atomic E-state index is 0.186. The van der Waals surface area contributed by atoms with Crippen LogP contribution < -0.4 is 10.5 Å². The third kappa shape index (κ3) is 2.38. The summed E-state index contributed by atoms with van der Waals surface area (Å²) in [6.07, 6.45) is 0. The number of benzene rings is 2. The summed E-state index contributed by atoms with van der Waals surface area (Å²) < 4.78 is 19.0. The fourth-order valence-electron chi connectivity index (χ4n) is 1.76. The van der Waals surface area contributed by atoms with Crippen LogP contribution in [0.5, 0.6) is 11.5 Å². The predicted octanol–water partition coefficient (Wildman–Crippen LogP) is 3.82. The van der Waals surface area contributed by atoms with E-state index in [1.165, 1.54) is 6.07 Å². The highest BCUT2D eigenvalue weighted by molar-refractivity contribution is 5.59. The summed E-state index contributed by atoms with van der Waals surface area (Å²) >= 11 is 0. The number of hydrogen-bond donors (Lipinski definition) is 1. The molecule has 0 aliphatic heterocycles. The van der Waals surface area contributed by atoms with Gasteiger partial charge in [-0.05, 0) is 43.2 Å². The monoisotopic (exact) mass is 231 g/mol. The van der Waals surface area contributed by atoms with Crippen molar-refractivity contribution in [3.05, 3.63) is 53.3 Å². The van der Waals surface area contributed by atoms with E-state index in [1.807, 2.05) is 26.0 Å². The third-order valence-electron chi connectivity index (χ3n) is 2.50. The SMILES string of the molecule is Cc1cc(C)c(Oc2ccccc2F)c(N)c1. The van der Waals surface area contributed by atoms with Crippen molar-refractivity contribution in [2.45, 2.75) is 13.8 Å². The molecule has 0 saturated carbocycles. The van der Waals surface area contributed by atoms with Gasteiger partial charge in [0.2, 0.25) is 0 Å². The summed E-state index contributed by atoms with van der Waals surface area (Å²) in [5, 5.41) is 0. The molecule has 0 bridgehead atoms. The maximum atomic E-state index is 13.5. The van der Waals surface area contributed by atoms with E-state index in [1.54, 1.807) is 18.2 Å². The molecular formula is C14H14FNO. The van der Waals surface area contributed by atoms with Crippen LogP contribution in [0.4, 0.5) is 10.1 Å². The van der Waals surface area contributed by atoms with Crippen molar-refractivity contribution < 1.29 is 9.13 Å². The van der Waals surface area contributed by atoms with Crippen LogP contribution in [0.15, 0.2) is 36.4 Å². The second kappa shape index (κ2) is 4.45. The van der Waals surface area contributed by atoms with Crippen molar-refractivity contribution in [2.24, 2.45) is 0 Å². The standard InChI is InChI=1S/C14H14FNO/c1-9-7-10(2)14(12(16)8-9)17-13-6-4-3-5-11(13)15/h3-8H,16H2,1-2H3. The predicted molar refractivity (Wildman–Crippen MR) is 66.8 cm³/mol. The fourth-order valence-corrected chi connectivity index (χ4v) is 1.76. The van der Waals surface area contributed by atoms with E-state index in [0.29, 0.717) is 11.4 Å². The Bertz CT molecular complexity index is 529. The first-order valence-corrected chi connectivity index (χ1v) is 5.37. The van der Waals surface area contributed by atoms with Crippen molar-refractivity contribution in [1.29, 1.82) is 0 Å². The Morgan fingerprint density at radius 1 is 1.12 bits per heavy atom. The first-order chi connectivity index (χ1) is 8.08. The topological polar surface area (TPSA) is 35.2 Å². The van der Waals surface area contributed by atoms with E-state index in [0.717, 1.165) is 11.1 Å². The van der Waals surface area contributed by atoms with Gasteiger partial charge in [-0.25, -0.2) is 4.39 Å². The molecule has 88 valence electrons. The van der Waals surface area contributed by atoms with Crippen molar-refractivity contribution in [3.8, 4) is 11.5 Å². The van der Waals surface area contributed by atoms with Crippen molar-refractivity contribution in [1.82, 2.24) is 0 Å². The van der Waals surface area contributed by atoms with Crippen LogP contribution in [0.1, 0.15) is 11.1 Å². The van der Waals surface area contributed by atoms with Crippen LogP contribution in [0.2, 0.25) is 0 Å². The zero-order valence-corrected chi connectivity index (χ0v) is 9.83. The lowest BCUT2D eigenvalue weighted by Gasteiger charge is -2.12. The lowest BCUT2D eigenvalue weighted by Crippen LogP contribution is -1.97. The molecule has 17 heavy (non-hydrogen) atoms. The molecule has 0 aliphatic carbocycles. The number of para-hydroxylation sites is 1. The minimum atomic E-state index is -0.396. The lowest BCUT2D eigenvalue weighted by molar-refractivity contribution is 0.441. The van der Waals surface area contributed by atoms with E-state index < -0.39 is 5.82 Å². The summed E-state index contributed by atoms with van der Waals surface area (Å²) in [6, 6.07) is 10.0. The molecule has 0 fully saturated rings. The zero-order valence-electron chi connectivity index (χ0n) is 9.83. The average Bonchev–Trinajstić information content (AvgIpc) is 2.25. The Hall–Kier alpha value is -2.03. The Morgan fingerprint density at radius 2 is 1.82 bits per heavy atom. The molecule has 0 saturated heterocycles. The van der Waals surface area contributed by atoms with Gasteiger partial charge in [-0.15, -0.1) is 0 Å². The van der Waals surface area contributed by atoms with E-state index in [-0.39, 0.29) is 5.75 Å². The molecule has 2 rings (SSSR count). The van der Waals surface area contributed by atoms with Gasteiger partial charge in [0, 0.05) is 0 Å². The summed E-state index contributed by atoms with van der Waals surface area (Å²) in [5.41, 5.74) is 8.34. The smallest absolute Gasteiger partial charge is 0.165 e. The molecule has 0 unspecified atom stereocenters. The molecule has 0 spiro atoms. The van der Waals surface area contributed by atoms with Crippen LogP contribution >= 0.6 is 0 Å². The Kier molecular flexibility index (Phi) is 3.00. The van der Waals surface area contributed by atoms with Crippen LogP contribution in [0.25, 0.3) is 0 Å². The molecule has 2 N–H and O–H groups in total. The van der Waals surface area contributed by atoms with Crippen molar-refractivity contribution >= 4 is 5.69 Å². The van der Waals surface area contributed by atoms with Gasteiger partial charge < -0.3 is 10.5 Å². The molecule has 0 radical (unpaired) electrons. The number of nitrogens with two attached hydrogens (primary N) is 1. The maximum Gasteiger partial charge on any atom is 0.165 e. The molecule has 2 aromatic rings. The summed E-state index contributed by atoms with van der Waals surface area (Å²) in [4.78, 5) is 0. The van der Waals surface area contributed by atoms with Crippen LogP contribution in [-0.4, -0.2) is 0 Å². The van der Waals surface area contributed by atoms with Gasteiger partial charge in [0.1, 0.15) is 0 Å². The van der Waals surface area contributed by atoms with Crippen molar-refractivity contribution in [2.75, 3.05) is 5.73 Å². The number of nitrogen functional groups attached to an aromatic ring is 1. The zero-order chi connectivity index (χ0) is 12.4. The van der Waals surface area contributed by atoms with Gasteiger partial charge in [-0.3, -0.25) is 0 Å². The third-order valence-corrected chi connectivity index (χ3v) is 2.50. The summed E-state index contributed by atoms with van der Waals surface area (Å²) in [6.45, 7) is 3.84. The van der Waals surface area contributed by atoms with Gasteiger partial charge in [0.25, 0.3) is 0 Å².